The Morgan fingerprint density at radius 1 is 0.324 bits per heavy atom. The van der Waals surface area contributed by atoms with Gasteiger partial charge in [0, 0.05) is 38.2 Å². The van der Waals surface area contributed by atoms with Crippen LogP contribution in [0, 0.1) is 45.3 Å². The van der Waals surface area contributed by atoms with Crippen LogP contribution in [-0.4, -0.2) is 24.1 Å². The molecule has 0 unspecified atom stereocenters. The van der Waals surface area contributed by atoms with Crippen LogP contribution in [-0.2, 0) is 6.18 Å². The highest BCUT2D eigenvalue weighted by Gasteiger charge is 2.40. The van der Waals surface area contributed by atoms with Crippen molar-refractivity contribution in [3.63, 3.8) is 0 Å². The lowest BCUT2D eigenvalue weighted by Crippen LogP contribution is -2.16. The van der Waals surface area contributed by atoms with E-state index in [2.05, 4.69) is 24.3 Å². The Labute approximate surface area is 420 Å². The van der Waals surface area contributed by atoms with Gasteiger partial charge in [0.1, 0.15) is 5.56 Å². The molecule has 12 heteroatoms. The van der Waals surface area contributed by atoms with E-state index in [1.54, 1.807) is 81.9 Å². The Hall–Kier alpha value is -10.7. The summed E-state index contributed by atoms with van der Waals surface area (Å²) in [6.07, 6.45) is -4.97. The zero-order valence-corrected chi connectivity index (χ0v) is 38.6. The first-order valence-corrected chi connectivity index (χ1v) is 23.2. The van der Waals surface area contributed by atoms with Gasteiger partial charge in [0.05, 0.1) is 80.0 Å². The molecule has 0 fully saturated rings. The maximum Gasteiger partial charge on any atom is 0.420 e. The summed E-state index contributed by atoms with van der Waals surface area (Å²) in [5.74, 6) is 0.786. The fraction of sp³-hybridized carbons (Fsp3) is 0.0161. The minimum Gasteiger partial charge on any atom is -0.309 e. The molecule has 0 aliphatic rings. The molecule has 0 bridgehead atoms. The molecule has 0 N–H and O–H groups in total. The molecule has 0 amide bonds. The van der Waals surface area contributed by atoms with Crippen LogP contribution in [0.2, 0.25) is 0 Å². The Morgan fingerprint density at radius 3 is 1.05 bits per heavy atom. The number of para-hydroxylation sites is 2. The van der Waals surface area contributed by atoms with E-state index in [9.17, 15) is 21.0 Å². The summed E-state index contributed by atoms with van der Waals surface area (Å²) in [6, 6.07) is 65.3. The van der Waals surface area contributed by atoms with Crippen molar-refractivity contribution >= 4 is 43.6 Å². The number of fused-ring (bicyclic) bond motifs is 6. The number of halogens is 3. The highest BCUT2D eigenvalue weighted by Crippen LogP contribution is 2.47. The fourth-order valence-electron chi connectivity index (χ4n) is 9.99. The summed E-state index contributed by atoms with van der Waals surface area (Å²) in [4.78, 5) is 14.9. The second kappa shape index (κ2) is 17.6. The monoisotopic (exact) mass is 959 g/mol. The maximum atomic E-state index is 16.9. The summed E-state index contributed by atoms with van der Waals surface area (Å²) in [6.45, 7) is 0. The Bertz CT molecular complexity index is 4130. The first kappa shape index (κ1) is 44.5. The average Bonchev–Trinajstić information content (AvgIpc) is 3.99. The number of hydrogen-bond acceptors (Lipinski definition) is 7. The minimum atomic E-state index is -4.97. The first-order chi connectivity index (χ1) is 36.1. The third kappa shape index (κ3) is 7.61. The van der Waals surface area contributed by atoms with Gasteiger partial charge < -0.3 is 9.13 Å². The smallest absolute Gasteiger partial charge is 0.309 e. The van der Waals surface area contributed by atoms with Gasteiger partial charge >= 0.3 is 6.18 Å². The van der Waals surface area contributed by atoms with Crippen molar-refractivity contribution in [1.29, 1.82) is 21.0 Å². The summed E-state index contributed by atoms with van der Waals surface area (Å²) >= 11 is 0. The molecule has 3 aromatic heterocycles. The highest BCUT2D eigenvalue weighted by atomic mass is 19.4. The second-order valence-electron chi connectivity index (χ2n) is 17.6. The van der Waals surface area contributed by atoms with Crippen LogP contribution in [0.4, 0.5) is 13.2 Å². The van der Waals surface area contributed by atoms with Gasteiger partial charge in [-0.1, -0.05) is 109 Å². The maximum absolute atomic E-state index is 16.9. The zero-order valence-electron chi connectivity index (χ0n) is 38.6. The number of alkyl halides is 3. The molecule has 9 aromatic carbocycles. The van der Waals surface area contributed by atoms with Crippen molar-refractivity contribution in [3.05, 3.63) is 222 Å². The van der Waals surface area contributed by atoms with E-state index < -0.39 is 11.7 Å². The first-order valence-electron chi connectivity index (χ1n) is 23.2. The average molecular weight is 960 g/mol. The van der Waals surface area contributed by atoms with E-state index in [1.165, 1.54) is 24.3 Å². The number of nitrogens with zero attached hydrogens (tertiary/aromatic N) is 9. The number of aromatic nitrogens is 5. The lowest BCUT2D eigenvalue weighted by Gasteiger charge is -2.23. The molecule has 0 atom stereocenters. The molecule has 0 saturated heterocycles. The van der Waals surface area contributed by atoms with Crippen LogP contribution in [0.25, 0.3) is 111 Å². The topological polar surface area (TPSA) is 144 Å². The molecule has 0 aliphatic carbocycles. The predicted octanol–water partition coefficient (Wildman–Crippen LogP) is 14.9. The number of rotatable bonds is 7. The second-order valence-corrected chi connectivity index (χ2v) is 17.6. The van der Waals surface area contributed by atoms with Gasteiger partial charge in [0.25, 0.3) is 0 Å². The molecule has 0 saturated carbocycles. The van der Waals surface area contributed by atoms with Crippen molar-refractivity contribution in [2.75, 3.05) is 0 Å². The standard InChI is InChI=1S/C62H32F3N9/c63-62(64,65)58-56(73-52-17-9-7-15-48(52)50-29-43(19-21-54(50)73)45-25-37(33-66)23-38(26-45)34-67)31-47(61-71-59(41-11-3-1-4-12-41)70-60(72-61)42-13-5-2-6-14-42)32-57(58)74-53-18-10-8-16-49(53)51-30-44(20-22-55(51)74)46-27-39(35-68)24-40(28-46)36-69/h1-32H. The zero-order chi connectivity index (χ0) is 50.7. The summed E-state index contributed by atoms with van der Waals surface area (Å²) in [7, 11) is 0. The third-order valence-corrected chi connectivity index (χ3v) is 13.2. The van der Waals surface area contributed by atoms with Crippen molar-refractivity contribution in [2.24, 2.45) is 0 Å². The SMILES string of the molecule is N#Cc1cc(C#N)cc(-c2ccc3c(c2)c2ccccc2n3-c2cc(-c3nc(-c4ccccc4)nc(-c4ccccc4)n3)cc(-n3c4ccccc4c4cc(-c5cc(C#N)cc(C#N)c5)ccc43)c2C(F)(F)F)c1. The van der Waals surface area contributed by atoms with Crippen LogP contribution < -0.4 is 0 Å². The lowest BCUT2D eigenvalue weighted by atomic mass is 9.98. The molecule has 9 nitrogen and oxygen atoms in total. The molecular formula is C62H32F3N9. The van der Waals surface area contributed by atoms with E-state index in [1.807, 2.05) is 97.1 Å². The van der Waals surface area contributed by atoms with Crippen molar-refractivity contribution in [2.45, 2.75) is 6.18 Å². The number of nitriles is 4. The number of benzene rings is 9. The molecule has 0 spiro atoms. The van der Waals surface area contributed by atoms with Crippen LogP contribution in [0.1, 0.15) is 27.8 Å². The molecule has 12 aromatic rings. The van der Waals surface area contributed by atoms with E-state index in [4.69, 9.17) is 15.0 Å². The number of hydrogen-bond donors (Lipinski definition) is 0. The van der Waals surface area contributed by atoms with Gasteiger partial charge in [-0.3, -0.25) is 0 Å². The van der Waals surface area contributed by atoms with Gasteiger partial charge in [0.15, 0.2) is 17.5 Å². The van der Waals surface area contributed by atoms with E-state index in [-0.39, 0.29) is 22.8 Å². The third-order valence-electron chi connectivity index (χ3n) is 13.2. The van der Waals surface area contributed by atoms with Gasteiger partial charge in [-0.05, 0) is 107 Å². The van der Waals surface area contributed by atoms with Gasteiger partial charge in [0.2, 0.25) is 0 Å². The van der Waals surface area contributed by atoms with Crippen LogP contribution in [0.5, 0.6) is 0 Å². The van der Waals surface area contributed by atoms with Crippen LogP contribution >= 0.6 is 0 Å². The largest absolute Gasteiger partial charge is 0.420 e. The highest BCUT2D eigenvalue weighted by molar-refractivity contribution is 6.12. The summed E-state index contributed by atoms with van der Waals surface area (Å²) in [5.41, 5.74) is 5.99. The van der Waals surface area contributed by atoms with E-state index in [0.29, 0.717) is 111 Å². The summed E-state index contributed by atoms with van der Waals surface area (Å²) < 4.78 is 53.9. The van der Waals surface area contributed by atoms with E-state index in [0.717, 1.165) is 0 Å². The van der Waals surface area contributed by atoms with E-state index >= 15 is 13.2 Å². The van der Waals surface area contributed by atoms with Crippen molar-refractivity contribution in [3.8, 4) is 92.1 Å². The molecule has 74 heavy (non-hydrogen) atoms. The van der Waals surface area contributed by atoms with Gasteiger partial charge in [-0.25, -0.2) is 15.0 Å². The fourth-order valence-corrected chi connectivity index (χ4v) is 9.99. The van der Waals surface area contributed by atoms with Crippen molar-refractivity contribution in [1.82, 2.24) is 24.1 Å². The van der Waals surface area contributed by atoms with Gasteiger partial charge in [-0.15, -0.1) is 0 Å². The van der Waals surface area contributed by atoms with Crippen LogP contribution in [0.15, 0.2) is 194 Å². The Kier molecular flexibility index (Phi) is 10.6. The summed E-state index contributed by atoms with van der Waals surface area (Å²) in [5, 5.41) is 41.9. The van der Waals surface area contributed by atoms with Crippen molar-refractivity contribution < 1.29 is 13.2 Å². The van der Waals surface area contributed by atoms with Crippen LogP contribution in [0.3, 0.4) is 0 Å². The molecular weight excluding hydrogens is 928 g/mol. The molecule has 12 rings (SSSR count). The molecule has 346 valence electrons. The molecule has 0 aliphatic heterocycles. The predicted molar refractivity (Wildman–Crippen MR) is 280 cm³/mol. The Balaban J connectivity index is 1.20. The minimum absolute atomic E-state index is 0.136. The molecule has 0 radical (unpaired) electrons. The quantitative estimate of drug-likeness (QED) is 0.155. The lowest BCUT2D eigenvalue weighted by molar-refractivity contribution is -0.137. The Morgan fingerprint density at radius 2 is 0.676 bits per heavy atom. The molecule has 3 heterocycles. The van der Waals surface area contributed by atoms with Gasteiger partial charge in [-0.2, -0.15) is 34.2 Å². The normalized spacial score (nSPS) is 11.4.